The molecular formula is C23H25N3O. The fourth-order valence-corrected chi connectivity index (χ4v) is 3.39. The van der Waals surface area contributed by atoms with E-state index in [0.717, 1.165) is 53.2 Å². The van der Waals surface area contributed by atoms with E-state index in [0.29, 0.717) is 12.1 Å². The molecule has 1 heterocycles. The number of aliphatic hydroxyl groups is 1. The fourth-order valence-electron chi connectivity index (χ4n) is 3.39. The smallest absolute Gasteiger partial charge is 0.109 e. The van der Waals surface area contributed by atoms with Crippen molar-refractivity contribution in [1.82, 2.24) is 9.55 Å². The van der Waals surface area contributed by atoms with Gasteiger partial charge < -0.3 is 9.67 Å². The van der Waals surface area contributed by atoms with Crippen molar-refractivity contribution in [1.29, 1.82) is 5.26 Å². The van der Waals surface area contributed by atoms with Crippen LogP contribution >= 0.6 is 0 Å². The minimum atomic E-state index is -0.00140. The van der Waals surface area contributed by atoms with Crippen LogP contribution in [0.5, 0.6) is 0 Å². The average molecular weight is 359 g/mol. The van der Waals surface area contributed by atoms with Crippen molar-refractivity contribution in [3.8, 4) is 17.2 Å². The SMILES string of the molecule is CCCCc1nc(C)c(CO)n1Cc1ccc(-c2ccccc2C#N)cc1. The highest BCUT2D eigenvalue weighted by molar-refractivity contribution is 5.70. The van der Waals surface area contributed by atoms with Crippen LogP contribution in [0.15, 0.2) is 48.5 Å². The lowest BCUT2D eigenvalue weighted by atomic mass is 9.99. The molecule has 138 valence electrons. The topological polar surface area (TPSA) is 61.8 Å². The second kappa shape index (κ2) is 8.66. The number of aliphatic hydroxyl groups excluding tert-OH is 1. The third-order valence-electron chi connectivity index (χ3n) is 4.91. The van der Waals surface area contributed by atoms with Crippen LogP contribution in [0, 0.1) is 18.3 Å². The molecule has 4 heteroatoms. The molecule has 0 amide bonds. The zero-order chi connectivity index (χ0) is 19.2. The van der Waals surface area contributed by atoms with E-state index in [1.54, 1.807) is 0 Å². The Morgan fingerprint density at radius 3 is 2.52 bits per heavy atom. The summed E-state index contributed by atoms with van der Waals surface area (Å²) < 4.78 is 2.14. The molecule has 2 aromatic carbocycles. The van der Waals surface area contributed by atoms with Crippen LogP contribution < -0.4 is 0 Å². The Labute approximate surface area is 160 Å². The minimum absolute atomic E-state index is 0.00140. The monoisotopic (exact) mass is 359 g/mol. The van der Waals surface area contributed by atoms with E-state index in [1.807, 2.05) is 31.2 Å². The Balaban J connectivity index is 1.88. The van der Waals surface area contributed by atoms with Crippen LogP contribution in [0.3, 0.4) is 0 Å². The number of rotatable bonds is 7. The van der Waals surface area contributed by atoms with Crippen molar-refractivity contribution in [3.63, 3.8) is 0 Å². The van der Waals surface area contributed by atoms with Crippen molar-refractivity contribution in [2.45, 2.75) is 46.3 Å². The molecule has 0 saturated carbocycles. The molecule has 3 rings (SSSR count). The first-order valence-corrected chi connectivity index (χ1v) is 9.42. The number of nitrogens with zero attached hydrogens (tertiary/aromatic N) is 3. The summed E-state index contributed by atoms with van der Waals surface area (Å²) in [6.45, 7) is 4.82. The largest absolute Gasteiger partial charge is 0.390 e. The maximum absolute atomic E-state index is 9.78. The van der Waals surface area contributed by atoms with E-state index in [2.05, 4.69) is 46.8 Å². The van der Waals surface area contributed by atoms with Crippen molar-refractivity contribution < 1.29 is 5.11 Å². The zero-order valence-corrected chi connectivity index (χ0v) is 15.9. The summed E-state index contributed by atoms with van der Waals surface area (Å²) >= 11 is 0. The van der Waals surface area contributed by atoms with E-state index in [9.17, 15) is 10.4 Å². The second-order valence-electron chi connectivity index (χ2n) is 6.76. The summed E-state index contributed by atoms with van der Waals surface area (Å²) in [6, 6.07) is 18.2. The Bertz CT molecular complexity index is 949. The number of benzene rings is 2. The second-order valence-corrected chi connectivity index (χ2v) is 6.76. The maximum Gasteiger partial charge on any atom is 0.109 e. The standard InChI is InChI=1S/C23H25N3O/c1-3-4-9-23-25-17(2)22(16-27)26(23)15-18-10-12-19(13-11-18)21-8-6-5-7-20(21)14-24/h5-8,10-13,27H,3-4,9,15-16H2,1-2H3. The number of hydrogen-bond donors (Lipinski definition) is 1. The molecule has 4 nitrogen and oxygen atoms in total. The van der Waals surface area contributed by atoms with Crippen LogP contribution in [0.1, 0.15) is 48.1 Å². The normalized spacial score (nSPS) is 10.7. The lowest BCUT2D eigenvalue weighted by Gasteiger charge is -2.12. The van der Waals surface area contributed by atoms with Crippen LogP contribution in [-0.4, -0.2) is 14.7 Å². The van der Waals surface area contributed by atoms with E-state index < -0.39 is 0 Å². The highest BCUT2D eigenvalue weighted by Crippen LogP contribution is 2.24. The number of unbranched alkanes of at least 4 members (excludes halogenated alkanes) is 1. The molecule has 0 fully saturated rings. The molecule has 3 aromatic rings. The van der Waals surface area contributed by atoms with Crippen LogP contribution in [0.2, 0.25) is 0 Å². The Morgan fingerprint density at radius 1 is 1.11 bits per heavy atom. The molecule has 1 aromatic heterocycles. The Kier molecular flexibility index (Phi) is 6.05. The highest BCUT2D eigenvalue weighted by atomic mass is 16.3. The van der Waals surface area contributed by atoms with E-state index in [-0.39, 0.29) is 6.61 Å². The van der Waals surface area contributed by atoms with Crippen LogP contribution in [0.4, 0.5) is 0 Å². The van der Waals surface area contributed by atoms with Crippen LogP contribution in [0.25, 0.3) is 11.1 Å². The Morgan fingerprint density at radius 2 is 1.85 bits per heavy atom. The van der Waals surface area contributed by atoms with Gasteiger partial charge in [0, 0.05) is 13.0 Å². The molecular weight excluding hydrogens is 334 g/mol. The van der Waals surface area contributed by atoms with Gasteiger partial charge in [-0.25, -0.2) is 4.98 Å². The summed E-state index contributed by atoms with van der Waals surface area (Å²) in [4.78, 5) is 4.67. The van der Waals surface area contributed by atoms with Gasteiger partial charge in [-0.1, -0.05) is 55.8 Å². The molecule has 0 aliphatic rings. The molecule has 0 bridgehead atoms. The quantitative estimate of drug-likeness (QED) is 0.670. The molecule has 0 radical (unpaired) electrons. The predicted molar refractivity (Wildman–Crippen MR) is 107 cm³/mol. The summed E-state index contributed by atoms with van der Waals surface area (Å²) in [5.41, 5.74) is 5.61. The van der Waals surface area contributed by atoms with E-state index in [1.165, 1.54) is 0 Å². The van der Waals surface area contributed by atoms with Crippen LogP contribution in [-0.2, 0) is 19.6 Å². The van der Waals surface area contributed by atoms with E-state index in [4.69, 9.17) is 0 Å². The summed E-state index contributed by atoms with van der Waals surface area (Å²) in [5, 5.41) is 19.1. The highest BCUT2D eigenvalue weighted by Gasteiger charge is 2.14. The van der Waals surface area contributed by atoms with Gasteiger partial charge >= 0.3 is 0 Å². The van der Waals surface area contributed by atoms with Gasteiger partial charge in [0.2, 0.25) is 0 Å². The minimum Gasteiger partial charge on any atom is -0.390 e. The summed E-state index contributed by atoms with van der Waals surface area (Å²) in [6.07, 6.45) is 3.13. The zero-order valence-electron chi connectivity index (χ0n) is 15.9. The number of aryl methyl sites for hydroxylation is 2. The van der Waals surface area contributed by atoms with Crippen molar-refractivity contribution >= 4 is 0 Å². The molecule has 0 spiro atoms. The Hall–Kier alpha value is -2.90. The summed E-state index contributed by atoms with van der Waals surface area (Å²) in [7, 11) is 0. The first-order chi connectivity index (χ1) is 13.2. The molecule has 0 saturated heterocycles. The number of nitriles is 1. The van der Waals surface area contributed by atoms with Crippen molar-refractivity contribution in [2.24, 2.45) is 0 Å². The van der Waals surface area contributed by atoms with E-state index >= 15 is 0 Å². The third kappa shape index (κ3) is 4.10. The average Bonchev–Trinajstić information content (AvgIpc) is 3.01. The fraction of sp³-hybridized carbons (Fsp3) is 0.304. The lowest BCUT2D eigenvalue weighted by molar-refractivity contribution is 0.270. The van der Waals surface area contributed by atoms with Gasteiger partial charge in [-0.2, -0.15) is 5.26 Å². The van der Waals surface area contributed by atoms with Gasteiger partial charge in [0.05, 0.1) is 29.6 Å². The van der Waals surface area contributed by atoms with Gasteiger partial charge in [0.15, 0.2) is 0 Å². The first-order valence-electron chi connectivity index (χ1n) is 9.42. The molecule has 0 aliphatic carbocycles. The van der Waals surface area contributed by atoms with Crippen molar-refractivity contribution in [3.05, 3.63) is 76.9 Å². The third-order valence-corrected chi connectivity index (χ3v) is 4.91. The van der Waals surface area contributed by atoms with Crippen molar-refractivity contribution in [2.75, 3.05) is 0 Å². The van der Waals surface area contributed by atoms with Gasteiger partial charge in [-0.3, -0.25) is 0 Å². The maximum atomic E-state index is 9.78. The van der Waals surface area contributed by atoms with Gasteiger partial charge in [-0.15, -0.1) is 0 Å². The molecule has 0 aliphatic heterocycles. The molecule has 0 atom stereocenters. The van der Waals surface area contributed by atoms with Gasteiger partial charge in [0.25, 0.3) is 0 Å². The number of imidazole rings is 1. The van der Waals surface area contributed by atoms with Gasteiger partial charge in [-0.05, 0) is 36.1 Å². The number of hydrogen-bond acceptors (Lipinski definition) is 3. The lowest BCUT2D eigenvalue weighted by Crippen LogP contribution is -2.09. The molecule has 1 N–H and O–H groups in total. The first kappa shape index (κ1) is 18.9. The van der Waals surface area contributed by atoms with Gasteiger partial charge in [0.1, 0.15) is 5.82 Å². The molecule has 0 unspecified atom stereocenters. The summed E-state index contributed by atoms with van der Waals surface area (Å²) in [5.74, 6) is 1.04. The number of aromatic nitrogens is 2. The predicted octanol–water partition coefficient (Wildman–Crippen LogP) is 4.61. The molecule has 27 heavy (non-hydrogen) atoms.